The summed E-state index contributed by atoms with van der Waals surface area (Å²) in [5.74, 6) is 0.0723. The molecule has 5 heteroatoms. The zero-order valence-corrected chi connectivity index (χ0v) is 11.6. The molecule has 1 unspecified atom stereocenters. The van der Waals surface area contributed by atoms with E-state index in [-0.39, 0.29) is 12.0 Å². The van der Waals surface area contributed by atoms with E-state index in [1.165, 1.54) is 0 Å². The average molecular weight is 273 g/mol. The van der Waals surface area contributed by atoms with Gasteiger partial charge in [0.1, 0.15) is 0 Å². The number of carbonyl (C=O) groups excluding carboxylic acids is 1. The maximum absolute atomic E-state index is 12.1. The van der Waals surface area contributed by atoms with Crippen molar-refractivity contribution in [1.29, 1.82) is 5.26 Å². The van der Waals surface area contributed by atoms with Gasteiger partial charge in [-0.15, -0.1) is 0 Å². The molecule has 0 aromatic heterocycles. The number of nitriles is 1. The molecule has 1 aromatic carbocycles. The van der Waals surface area contributed by atoms with Crippen LogP contribution < -0.4 is 5.32 Å². The number of benzene rings is 1. The van der Waals surface area contributed by atoms with Gasteiger partial charge in [-0.1, -0.05) is 12.1 Å². The molecule has 0 radical (unpaired) electrons. The van der Waals surface area contributed by atoms with E-state index in [2.05, 4.69) is 11.4 Å². The standard InChI is InChI=1S/C15H19N3O2/c1-18(11-13-4-2-12(9-16)3-5-13)15(19)8-14-10-17-6-7-20-14/h2-5,14,17H,6-8,10-11H2,1H3. The van der Waals surface area contributed by atoms with Gasteiger partial charge in [0.2, 0.25) is 5.91 Å². The van der Waals surface area contributed by atoms with Gasteiger partial charge in [-0.05, 0) is 17.7 Å². The molecule has 1 aliphatic rings. The molecule has 1 saturated heterocycles. The van der Waals surface area contributed by atoms with E-state index in [1.807, 2.05) is 12.1 Å². The van der Waals surface area contributed by atoms with Crippen molar-refractivity contribution in [2.24, 2.45) is 0 Å². The number of carbonyl (C=O) groups is 1. The largest absolute Gasteiger partial charge is 0.375 e. The van der Waals surface area contributed by atoms with Crippen molar-refractivity contribution in [2.75, 3.05) is 26.7 Å². The lowest BCUT2D eigenvalue weighted by Crippen LogP contribution is -2.41. The molecule has 1 heterocycles. The Kier molecular flexibility index (Phi) is 5.10. The van der Waals surface area contributed by atoms with Gasteiger partial charge in [0.15, 0.2) is 0 Å². The third-order valence-corrected chi connectivity index (χ3v) is 3.34. The lowest BCUT2D eigenvalue weighted by Gasteiger charge is -2.25. The molecule has 0 aliphatic carbocycles. The second-order valence-electron chi connectivity index (χ2n) is 4.96. The summed E-state index contributed by atoms with van der Waals surface area (Å²) in [4.78, 5) is 13.8. The summed E-state index contributed by atoms with van der Waals surface area (Å²) >= 11 is 0. The van der Waals surface area contributed by atoms with E-state index in [1.54, 1.807) is 24.1 Å². The van der Waals surface area contributed by atoms with Gasteiger partial charge >= 0.3 is 0 Å². The van der Waals surface area contributed by atoms with Crippen molar-refractivity contribution >= 4 is 5.91 Å². The third kappa shape index (κ3) is 4.05. The van der Waals surface area contributed by atoms with Crippen LogP contribution in [0.5, 0.6) is 0 Å². The third-order valence-electron chi connectivity index (χ3n) is 3.34. The van der Waals surface area contributed by atoms with E-state index in [4.69, 9.17) is 10.00 Å². The van der Waals surface area contributed by atoms with Gasteiger partial charge < -0.3 is 15.0 Å². The van der Waals surface area contributed by atoms with Gasteiger partial charge in [-0.3, -0.25) is 4.79 Å². The Balaban J connectivity index is 1.84. The van der Waals surface area contributed by atoms with Crippen LogP contribution in [0.2, 0.25) is 0 Å². The number of morpholine rings is 1. The molecule has 1 atom stereocenters. The molecule has 0 saturated carbocycles. The van der Waals surface area contributed by atoms with Crippen molar-refractivity contribution in [2.45, 2.75) is 19.1 Å². The summed E-state index contributed by atoms with van der Waals surface area (Å²) in [5, 5.41) is 12.0. The van der Waals surface area contributed by atoms with E-state index in [0.29, 0.717) is 25.1 Å². The Morgan fingerprint density at radius 2 is 2.25 bits per heavy atom. The zero-order valence-electron chi connectivity index (χ0n) is 11.6. The fourth-order valence-electron chi connectivity index (χ4n) is 2.15. The molecule has 0 bridgehead atoms. The predicted molar refractivity (Wildman–Crippen MR) is 74.9 cm³/mol. The molecular formula is C15H19N3O2. The topological polar surface area (TPSA) is 65.4 Å². The minimum absolute atomic E-state index is 0.0281. The van der Waals surface area contributed by atoms with Crippen molar-refractivity contribution in [3.63, 3.8) is 0 Å². The molecule has 5 nitrogen and oxygen atoms in total. The van der Waals surface area contributed by atoms with Gasteiger partial charge in [0, 0.05) is 26.7 Å². The highest BCUT2D eigenvalue weighted by Gasteiger charge is 2.19. The molecule has 0 spiro atoms. The van der Waals surface area contributed by atoms with Crippen molar-refractivity contribution in [3.05, 3.63) is 35.4 Å². The number of nitrogens with zero attached hydrogens (tertiary/aromatic N) is 2. The van der Waals surface area contributed by atoms with E-state index < -0.39 is 0 Å². The lowest BCUT2D eigenvalue weighted by atomic mass is 10.1. The smallest absolute Gasteiger partial charge is 0.225 e. The minimum atomic E-state index is -0.0281. The highest BCUT2D eigenvalue weighted by Crippen LogP contribution is 2.09. The lowest BCUT2D eigenvalue weighted by molar-refractivity contribution is -0.133. The second kappa shape index (κ2) is 7.04. The maximum Gasteiger partial charge on any atom is 0.225 e. The first-order valence-corrected chi connectivity index (χ1v) is 6.74. The van der Waals surface area contributed by atoms with Gasteiger partial charge in [-0.25, -0.2) is 0 Å². The van der Waals surface area contributed by atoms with Gasteiger partial charge in [0.25, 0.3) is 0 Å². The van der Waals surface area contributed by atoms with Gasteiger partial charge in [0.05, 0.1) is 30.8 Å². The van der Waals surface area contributed by atoms with E-state index in [0.717, 1.165) is 18.7 Å². The van der Waals surface area contributed by atoms with E-state index >= 15 is 0 Å². The van der Waals surface area contributed by atoms with Crippen LogP contribution in [-0.4, -0.2) is 43.7 Å². The quantitative estimate of drug-likeness (QED) is 0.885. The van der Waals surface area contributed by atoms with Crippen LogP contribution in [-0.2, 0) is 16.1 Å². The summed E-state index contributed by atoms with van der Waals surface area (Å²) < 4.78 is 5.53. The second-order valence-corrected chi connectivity index (χ2v) is 4.96. The number of amides is 1. The Hall–Kier alpha value is -1.90. The number of hydrogen-bond acceptors (Lipinski definition) is 4. The maximum atomic E-state index is 12.1. The van der Waals surface area contributed by atoms with Crippen molar-refractivity contribution in [1.82, 2.24) is 10.2 Å². The number of ether oxygens (including phenoxy) is 1. The summed E-state index contributed by atoms with van der Waals surface area (Å²) in [5.41, 5.74) is 1.65. The van der Waals surface area contributed by atoms with Crippen LogP contribution in [0.25, 0.3) is 0 Å². The number of nitrogens with one attached hydrogen (secondary N) is 1. The van der Waals surface area contributed by atoms with Crippen LogP contribution in [0.15, 0.2) is 24.3 Å². The molecule has 1 N–H and O–H groups in total. The molecule has 1 aromatic rings. The Morgan fingerprint density at radius 3 is 2.85 bits per heavy atom. The molecule has 1 aliphatic heterocycles. The van der Waals surface area contributed by atoms with E-state index in [9.17, 15) is 4.79 Å². The van der Waals surface area contributed by atoms with Crippen molar-refractivity contribution in [3.8, 4) is 6.07 Å². The van der Waals surface area contributed by atoms with Gasteiger partial charge in [-0.2, -0.15) is 5.26 Å². The molecule has 2 rings (SSSR count). The number of rotatable bonds is 4. The fraction of sp³-hybridized carbons (Fsp3) is 0.467. The number of hydrogen-bond donors (Lipinski definition) is 1. The van der Waals surface area contributed by atoms with Crippen molar-refractivity contribution < 1.29 is 9.53 Å². The first kappa shape index (κ1) is 14.5. The van der Waals surface area contributed by atoms with Crippen LogP contribution in [0, 0.1) is 11.3 Å². The zero-order chi connectivity index (χ0) is 14.4. The first-order valence-electron chi connectivity index (χ1n) is 6.74. The first-order chi connectivity index (χ1) is 9.69. The highest BCUT2D eigenvalue weighted by atomic mass is 16.5. The normalized spacial score (nSPS) is 18.3. The summed E-state index contributed by atoms with van der Waals surface area (Å²) in [7, 11) is 1.79. The predicted octanol–water partition coefficient (Wildman–Crippen LogP) is 0.895. The summed E-state index contributed by atoms with van der Waals surface area (Å²) in [6.07, 6.45) is 0.374. The van der Waals surface area contributed by atoms with Crippen LogP contribution in [0.3, 0.4) is 0 Å². The average Bonchev–Trinajstić information content (AvgIpc) is 2.49. The molecule has 106 valence electrons. The van der Waals surface area contributed by atoms with Crippen LogP contribution in [0.1, 0.15) is 17.5 Å². The Labute approximate surface area is 119 Å². The molecule has 1 amide bonds. The monoisotopic (exact) mass is 273 g/mol. The molecule has 1 fully saturated rings. The summed E-state index contributed by atoms with van der Waals surface area (Å²) in [6, 6.07) is 9.36. The fourth-order valence-corrected chi connectivity index (χ4v) is 2.15. The SMILES string of the molecule is CN(Cc1ccc(C#N)cc1)C(=O)CC1CNCCO1. The van der Waals surface area contributed by atoms with Crippen LogP contribution >= 0.6 is 0 Å². The Bertz CT molecular complexity index is 487. The highest BCUT2D eigenvalue weighted by molar-refractivity contribution is 5.76. The molecule has 20 heavy (non-hydrogen) atoms. The Morgan fingerprint density at radius 1 is 1.50 bits per heavy atom. The van der Waals surface area contributed by atoms with Crippen LogP contribution in [0.4, 0.5) is 0 Å². The minimum Gasteiger partial charge on any atom is -0.375 e. The summed E-state index contributed by atoms with van der Waals surface area (Å²) in [6.45, 7) is 2.80. The molecular weight excluding hydrogens is 254 g/mol.